The van der Waals surface area contributed by atoms with Crippen LogP contribution in [0.4, 0.5) is 21.5 Å². The van der Waals surface area contributed by atoms with Gasteiger partial charge in [0.05, 0.1) is 16.7 Å². The lowest BCUT2D eigenvalue weighted by atomic mass is 9.86. The van der Waals surface area contributed by atoms with E-state index in [0.29, 0.717) is 5.69 Å². The molecule has 0 amide bonds. The summed E-state index contributed by atoms with van der Waals surface area (Å²) in [5.74, 6) is -0.267. The van der Waals surface area contributed by atoms with E-state index in [9.17, 15) is 0 Å². The fourth-order valence-corrected chi connectivity index (χ4v) is 9.00. The Labute approximate surface area is 342 Å². The van der Waals surface area contributed by atoms with Gasteiger partial charge in [0.2, 0.25) is 0 Å². The molecule has 11 rings (SSSR count). The Morgan fingerprint density at radius 2 is 0.780 bits per heavy atom. The standard InChI is InChI=1S/C56H37FN2/c57-51-24-12-14-26-54(51)58(42-17-5-2-6-18-42)43-32-27-38(28-33-43)41-31-36-53-50(37-41)45-19-11-13-25-52(45)59(53)44-34-29-40(30-35-44)56-48-22-9-7-20-46(48)55(39-15-3-1-4-16-39)47-21-8-10-23-49(47)56/h1-37H. The highest BCUT2D eigenvalue weighted by atomic mass is 19.1. The van der Waals surface area contributed by atoms with E-state index in [-0.39, 0.29) is 5.82 Å². The molecule has 1 aromatic heterocycles. The molecule has 10 aromatic carbocycles. The van der Waals surface area contributed by atoms with Gasteiger partial charge in [0.25, 0.3) is 0 Å². The third-order valence-electron chi connectivity index (χ3n) is 11.6. The van der Waals surface area contributed by atoms with Crippen LogP contribution in [0.15, 0.2) is 224 Å². The van der Waals surface area contributed by atoms with Crippen molar-refractivity contribution in [2.75, 3.05) is 4.90 Å². The van der Waals surface area contributed by atoms with Crippen LogP contribution in [0.5, 0.6) is 0 Å². The van der Waals surface area contributed by atoms with Crippen molar-refractivity contribution in [1.82, 2.24) is 4.57 Å². The molecular formula is C56H37FN2. The molecule has 278 valence electrons. The van der Waals surface area contributed by atoms with Crippen molar-refractivity contribution >= 4 is 60.4 Å². The first-order chi connectivity index (χ1) is 29.2. The van der Waals surface area contributed by atoms with E-state index < -0.39 is 0 Å². The van der Waals surface area contributed by atoms with Crippen LogP contribution in [0.25, 0.3) is 82.4 Å². The van der Waals surface area contributed by atoms with E-state index in [1.807, 2.05) is 47.4 Å². The van der Waals surface area contributed by atoms with Gasteiger partial charge >= 0.3 is 0 Å². The number of hydrogen-bond donors (Lipinski definition) is 0. The molecule has 11 aromatic rings. The summed E-state index contributed by atoms with van der Waals surface area (Å²) in [5.41, 5.74) is 12.9. The fraction of sp³-hybridized carbons (Fsp3) is 0. The molecule has 2 nitrogen and oxygen atoms in total. The number of nitrogens with zero attached hydrogens (tertiary/aromatic N) is 2. The highest BCUT2D eigenvalue weighted by Crippen LogP contribution is 2.44. The minimum atomic E-state index is -0.267. The zero-order valence-electron chi connectivity index (χ0n) is 32.1. The van der Waals surface area contributed by atoms with E-state index in [1.165, 1.54) is 60.6 Å². The number of fused-ring (bicyclic) bond motifs is 5. The van der Waals surface area contributed by atoms with Crippen LogP contribution in [-0.2, 0) is 0 Å². The summed E-state index contributed by atoms with van der Waals surface area (Å²) in [7, 11) is 0. The van der Waals surface area contributed by atoms with Gasteiger partial charge in [-0.15, -0.1) is 0 Å². The van der Waals surface area contributed by atoms with Crippen molar-refractivity contribution in [2.45, 2.75) is 0 Å². The summed E-state index contributed by atoms with van der Waals surface area (Å²) in [6.45, 7) is 0. The summed E-state index contributed by atoms with van der Waals surface area (Å²) in [6, 6.07) is 78.1. The summed E-state index contributed by atoms with van der Waals surface area (Å²) in [6.07, 6.45) is 0. The van der Waals surface area contributed by atoms with Crippen molar-refractivity contribution in [3.8, 4) is 39.1 Å². The quantitative estimate of drug-likeness (QED) is 0.147. The zero-order chi connectivity index (χ0) is 39.3. The molecule has 0 radical (unpaired) electrons. The van der Waals surface area contributed by atoms with Gasteiger partial charge in [0.15, 0.2) is 0 Å². The summed E-state index contributed by atoms with van der Waals surface area (Å²) in [4.78, 5) is 1.96. The second-order valence-corrected chi connectivity index (χ2v) is 15.0. The number of rotatable bonds is 7. The van der Waals surface area contributed by atoms with Crippen LogP contribution in [0.3, 0.4) is 0 Å². The molecule has 1 heterocycles. The number of anilines is 3. The molecule has 59 heavy (non-hydrogen) atoms. The normalized spacial score (nSPS) is 11.5. The SMILES string of the molecule is Fc1ccccc1N(c1ccccc1)c1ccc(-c2ccc3c(c2)c2ccccc2n3-c2ccc(-c3c4ccccc4c(-c4ccccc4)c4ccccc34)cc2)cc1. The fourth-order valence-electron chi connectivity index (χ4n) is 9.00. The molecule has 0 unspecified atom stereocenters. The van der Waals surface area contributed by atoms with Crippen LogP contribution in [0.2, 0.25) is 0 Å². The van der Waals surface area contributed by atoms with Crippen molar-refractivity contribution in [3.63, 3.8) is 0 Å². The first kappa shape index (κ1) is 34.5. The van der Waals surface area contributed by atoms with Gasteiger partial charge in [-0.3, -0.25) is 0 Å². The Morgan fingerprint density at radius 1 is 0.322 bits per heavy atom. The topological polar surface area (TPSA) is 8.17 Å². The summed E-state index contributed by atoms with van der Waals surface area (Å²) < 4.78 is 17.6. The number of para-hydroxylation sites is 3. The summed E-state index contributed by atoms with van der Waals surface area (Å²) >= 11 is 0. The first-order valence-electron chi connectivity index (χ1n) is 20.0. The van der Waals surface area contributed by atoms with E-state index in [4.69, 9.17) is 0 Å². The Hall–Kier alpha value is -7.75. The second-order valence-electron chi connectivity index (χ2n) is 15.0. The highest BCUT2D eigenvalue weighted by molar-refractivity contribution is 6.21. The molecule has 0 atom stereocenters. The maximum absolute atomic E-state index is 15.2. The highest BCUT2D eigenvalue weighted by Gasteiger charge is 2.19. The largest absolute Gasteiger partial charge is 0.309 e. The molecule has 0 N–H and O–H groups in total. The van der Waals surface area contributed by atoms with E-state index in [1.54, 1.807) is 6.07 Å². The molecule has 0 saturated carbocycles. The Morgan fingerprint density at radius 3 is 1.41 bits per heavy atom. The molecular weight excluding hydrogens is 720 g/mol. The lowest BCUT2D eigenvalue weighted by Crippen LogP contribution is -2.11. The van der Waals surface area contributed by atoms with Crippen LogP contribution in [0.1, 0.15) is 0 Å². The molecule has 0 saturated heterocycles. The monoisotopic (exact) mass is 756 g/mol. The van der Waals surface area contributed by atoms with Gasteiger partial charge < -0.3 is 9.47 Å². The molecule has 0 aliphatic carbocycles. The maximum atomic E-state index is 15.2. The van der Waals surface area contributed by atoms with Crippen molar-refractivity contribution in [1.29, 1.82) is 0 Å². The van der Waals surface area contributed by atoms with Gasteiger partial charge in [0, 0.05) is 27.8 Å². The van der Waals surface area contributed by atoms with Gasteiger partial charge in [-0.25, -0.2) is 4.39 Å². The summed E-state index contributed by atoms with van der Waals surface area (Å²) in [5, 5.41) is 7.39. The minimum Gasteiger partial charge on any atom is -0.309 e. The van der Waals surface area contributed by atoms with Crippen LogP contribution < -0.4 is 4.90 Å². The Balaban J connectivity index is 0.993. The van der Waals surface area contributed by atoms with E-state index in [0.717, 1.165) is 39.2 Å². The second kappa shape index (κ2) is 14.3. The van der Waals surface area contributed by atoms with E-state index in [2.05, 4.69) is 174 Å². The lowest BCUT2D eigenvalue weighted by molar-refractivity contribution is 0.629. The number of halogens is 1. The minimum absolute atomic E-state index is 0.267. The number of aromatic nitrogens is 1. The first-order valence-corrected chi connectivity index (χ1v) is 20.0. The number of hydrogen-bond acceptors (Lipinski definition) is 1. The number of benzene rings is 10. The zero-order valence-corrected chi connectivity index (χ0v) is 32.1. The van der Waals surface area contributed by atoms with Crippen LogP contribution in [0, 0.1) is 5.82 Å². The van der Waals surface area contributed by atoms with Crippen LogP contribution >= 0.6 is 0 Å². The Kier molecular flexibility index (Phi) is 8.37. The third-order valence-corrected chi connectivity index (χ3v) is 11.6. The lowest BCUT2D eigenvalue weighted by Gasteiger charge is -2.26. The predicted octanol–water partition coefficient (Wildman–Crippen LogP) is 15.7. The van der Waals surface area contributed by atoms with Gasteiger partial charge in [0.1, 0.15) is 5.82 Å². The van der Waals surface area contributed by atoms with Crippen molar-refractivity contribution < 1.29 is 4.39 Å². The molecule has 0 spiro atoms. The Bertz CT molecular complexity index is 3260. The molecule has 3 heteroatoms. The van der Waals surface area contributed by atoms with Crippen LogP contribution in [-0.4, -0.2) is 4.57 Å². The van der Waals surface area contributed by atoms with Gasteiger partial charge in [-0.2, -0.15) is 0 Å². The molecule has 0 bridgehead atoms. The van der Waals surface area contributed by atoms with Gasteiger partial charge in [-0.1, -0.05) is 158 Å². The van der Waals surface area contributed by atoms with Crippen molar-refractivity contribution in [3.05, 3.63) is 230 Å². The van der Waals surface area contributed by atoms with Gasteiger partial charge in [-0.05, 0) is 122 Å². The predicted molar refractivity (Wildman–Crippen MR) is 247 cm³/mol. The average Bonchev–Trinajstić information content (AvgIpc) is 3.63. The maximum Gasteiger partial charge on any atom is 0.147 e. The third kappa shape index (κ3) is 5.86. The molecule has 0 aliphatic rings. The molecule has 0 aliphatic heterocycles. The molecule has 0 fully saturated rings. The van der Waals surface area contributed by atoms with E-state index >= 15 is 4.39 Å². The van der Waals surface area contributed by atoms with Crippen molar-refractivity contribution in [2.24, 2.45) is 0 Å². The smallest absolute Gasteiger partial charge is 0.147 e. The average molecular weight is 757 g/mol.